The largest absolute Gasteiger partial charge is 0.369 e. The molecule has 0 aliphatic carbocycles. The van der Waals surface area contributed by atoms with E-state index in [1.807, 2.05) is 17.9 Å². The van der Waals surface area contributed by atoms with E-state index in [1.165, 1.54) is 12.1 Å². The topological polar surface area (TPSA) is 50.3 Å². The first-order chi connectivity index (χ1) is 9.87. The van der Waals surface area contributed by atoms with Gasteiger partial charge in [-0.2, -0.15) is 0 Å². The molecule has 4 nitrogen and oxygen atoms in total. The van der Waals surface area contributed by atoms with Crippen LogP contribution in [0.5, 0.6) is 0 Å². The summed E-state index contributed by atoms with van der Waals surface area (Å²) in [5.74, 6) is -0.182. The minimum absolute atomic E-state index is 0.131. The molecule has 21 heavy (non-hydrogen) atoms. The Morgan fingerprint density at radius 1 is 1.33 bits per heavy atom. The first-order valence-electron chi connectivity index (χ1n) is 6.90. The molecule has 0 amide bonds. The van der Waals surface area contributed by atoms with Crippen LogP contribution in [0.1, 0.15) is 12.6 Å². The second kappa shape index (κ2) is 4.94. The zero-order chi connectivity index (χ0) is 15.2. The Kier molecular flexibility index (Phi) is 3.36. The standard InChI is InChI=1S/C15H17FN2O2S/c1-10-7-15(13-8-12(16)3-4-14(13)17-10)18-5-6-21(19,20)11(2)9-18/h3-4,7-8,11H,5-6,9H2,1-2H3. The van der Waals surface area contributed by atoms with Gasteiger partial charge in [0, 0.05) is 29.9 Å². The smallest absolute Gasteiger partial charge is 0.156 e. The molecule has 2 aromatic rings. The normalized spacial score (nSPS) is 21.7. The molecule has 2 heterocycles. The van der Waals surface area contributed by atoms with Crippen molar-refractivity contribution in [2.24, 2.45) is 0 Å². The van der Waals surface area contributed by atoms with Gasteiger partial charge in [0.1, 0.15) is 5.82 Å². The van der Waals surface area contributed by atoms with E-state index in [4.69, 9.17) is 0 Å². The zero-order valence-corrected chi connectivity index (χ0v) is 12.8. The van der Waals surface area contributed by atoms with Gasteiger partial charge >= 0.3 is 0 Å². The average molecular weight is 308 g/mol. The van der Waals surface area contributed by atoms with Crippen molar-refractivity contribution in [2.75, 3.05) is 23.7 Å². The lowest BCUT2D eigenvalue weighted by Crippen LogP contribution is -2.45. The molecule has 112 valence electrons. The van der Waals surface area contributed by atoms with Crippen molar-refractivity contribution in [1.82, 2.24) is 4.98 Å². The van der Waals surface area contributed by atoms with Crippen LogP contribution in [0.15, 0.2) is 24.3 Å². The lowest BCUT2D eigenvalue weighted by molar-refractivity contribution is 0.569. The molecule has 1 aliphatic rings. The molecule has 1 aliphatic heterocycles. The van der Waals surface area contributed by atoms with Crippen molar-refractivity contribution in [1.29, 1.82) is 0 Å². The van der Waals surface area contributed by atoms with E-state index in [0.717, 1.165) is 22.3 Å². The lowest BCUT2D eigenvalue weighted by Gasteiger charge is -2.33. The molecule has 1 aromatic heterocycles. The van der Waals surface area contributed by atoms with Gasteiger partial charge in [-0.25, -0.2) is 12.8 Å². The van der Waals surface area contributed by atoms with Crippen LogP contribution >= 0.6 is 0 Å². The van der Waals surface area contributed by atoms with Crippen molar-refractivity contribution in [3.63, 3.8) is 0 Å². The number of nitrogens with zero attached hydrogens (tertiary/aromatic N) is 2. The van der Waals surface area contributed by atoms with Gasteiger partial charge in [0.2, 0.25) is 0 Å². The van der Waals surface area contributed by atoms with Crippen LogP contribution in [0.2, 0.25) is 0 Å². The molecule has 1 fully saturated rings. The number of aromatic nitrogens is 1. The molecule has 0 spiro atoms. The minimum Gasteiger partial charge on any atom is -0.369 e. The SMILES string of the molecule is Cc1cc(N2CCS(=O)(=O)C(C)C2)c2cc(F)ccc2n1. The van der Waals surface area contributed by atoms with Gasteiger partial charge in [-0.1, -0.05) is 0 Å². The number of halogens is 1. The lowest BCUT2D eigenvalue weighted by atomic mass is 10.1. The highest BCUT2D eigenvalue weighted by Crippen LogP contribution is 2.29. The van der Waals surface area contributed by atoms with Crippen molar-refractivity contribution < 1.29 is 12.8 Å². The van der Waals surface area contributed by atoms with E-state index >= 15 is 0 Å². The predicted octanol–water partition coefficient (Wildman–Crippen LogP) is 2.31. The highest BCUT2D eigenvalue weighted by Gasteiger charge is 2.30. The average Bonchev–Trinajstić information content (AvgIpc) is 2.42. The molecule has 3 rings (SSSR count). The summed E-state index contributed by atoms with van der Waals surface area (Å²) in [5, 5.41) is 0.315. The Labute approximate surface area is 123 Å². The number of hydrogen-bond acceptors (Lipinski definition) is 4. The zero-order valence-electron chi connectivity index (χ0n) is 12.0. The summed E-state index contributed by atoms with van der Waals surface area (Å²) in [5.41, 5.74) is 2.43. The molecule has 0 bridgehead atoms. The molecule has 0 N–H and O–H groups in total. The fraction of sp³-hybridized carbons (Fsp3) is 0.400. The predicted molar refractivity (Wildman–Crippen MR) is 81.9 cm³/mol. The van der Waals surface area contributed by atoms with Crippen LogP contribution in [0.4, 0.5) is 10.1 Å². The Morgan fingerprint density at radius 3 is 2.81 bits per heavy atom. The molecule has 1 atom stereocenters. The summed E-state index contributed by atoms with van der Waals surface area (Å²) >= 11 is 0. The highest BCUT2D eigenvalue weighted by atomic mass is 32.2. The number of rotatable bonds is 1. The van der Waals surface area contributed by atoms with Crippen LogP contribution in [0.3, 0.4) is 0 Å². The van der Waals surface area contributed by atoms with Gasteiger partial charge in [0.15, 0.2) is 9.84 Å². The van der Waals surface area contributed by atoms with Gasteiger partial charge in [-0.05, 0) is 38.1 Å². The van der Waals surface area contributed by atoms with Crippen LogP contribution in [-0.2, 0) is 9.84 Å². The third kappa shape index (κ3) is 2.60. The van der Waals surface area contributed by atoms with Crippen molar-refractivity contribution >= 4 is 26.4 Å². The second-order valence-corrected chi connectivity index (χ2v) is 8.11. The van der Waals surface area contributed by atoms with E-state index < -0.39 is 15.1 Å². The maximum Gasteiger partial charge on any atom is 0.156 e. The van der Waals surface area contributed by atoms with Crippen molar-refractivity contribution in [3.05, 3.63) is 35.8 Å². The Hall–Kier alpha value is -1.69. The fourth-order valence-corrected chi connectivity index (χ4v) is 4.03. The third-order valence-corrected chi connectivity index (χ3v) is 6.08. The molecule has 6 heteroatoms. The van der Waals surface area contributed by atoms with Crippen LogP contribution in [0, 0.1) is 12.7 Å². The van der Waals surface area contributed by atoms with Gasteiger partial charge in [0.25, 0.3) is 0 Å². The quantitative estimate of drug-likeness (QED) is 0.811. The monoisotopic (exact) mass is 308 g/mol. The van der Waals surface area contributed by atoms with E-state index in [0.29, 0.717) is 13.1 Å². The Morgan fingerprint density at radius 2 is 2.10 bits per heavy atom. The van der Waals surface area contributed by atoms with Gasteiger partial charge < -0.3 is 4.90 Å². The third-order valence-electron chi connectivity index (χ3n) is 3.95. The molecule has 1 aromatic carbocycles. The second-order valence-electron chi connectivity index (χ2n) is 5.57. The number of pyridine rings is 1. The molecule has 1 saturated heterocycles. The molecular formula is C15H17FN2O2S. The first kappa shape index (κ1) is 14.3. The molecule has 0 saturated carbocycles. The van der Waals surface area contributed by atoms with Crippen molar-refractivity contribution in [2.45, 2.75) is 19.1 Å². The van der Waals surface area contributed by atoms with Gasteiger partial charge in [0.05, 0.1) is 16.5 Å². The number of hydrogen-bond donors (Lipinski definition) is 0. The highest BCUT2D eigenvalue weighted by molar-refractivity contribution is 7.92. The Bertz CT molecular complexity index is 805. The van der Waals surface area contributed by atoms with E-state index in [1.54, 1.807) is 13.0 Å². The van der Waals surface area contributed by atoms with Gasteiger partial charge in [-0.3, -0.25) is 4.98 Å². The summed E-state index contributed by atoms with van der Waals surface area (Å²) in [4.78, 5) is 6.42. The molecule has 0 radical (unpaired) electrons. The number of benzene rings is 1. The van der Waals surface area contributed by atoms with Crippen LogP contribution < -0.4 is 4.90 Å². The first-order valence-corrected chi connectivity index (χ1v) is 8.62. The van der Waals surface area contributed by atoms with Crippen molar-refractivity contribution in [3.8, 4) is 0 Å². The fourth-order valence-electron chi connectivity index (χ4n) is 2.74. The van der Waals surface area contributed by atoms with E-state index in [2.05, 4.69) is 4.98 Å². The van der Waals surface area contributed by atoms with E-state index in [9.17, 15) is 12.8 Å². The molecular weight excluding hydrogens is 291 g/mol. The molecule has 1 unspecified atom stereocenters. The number of anilines is 1. The van der Waals surface area contributed by atoms with Crippen LogP contribution in [0.25, 0.3) is 10.9 Å². The summed E-state index contributed by atoms with van der Waals surface area (Å²) in [6, 6.07) is 6.41. The van der Waals surface area contributed by atoms with E-state index in [-0.39, 0.29) is 11.6 Å². The number of aryl methyl sites for hydroxylation is 1. The maximum atomic E-state index is 13.5. The summed E-state index contributed by atoms with van der Waals surface area (Å²) < 4.78 is 37.2. The summed E-state index contributed by atoms with van der Waals surface area (Å²) in [7, 11) is -3.01. The number of sulfone groups is 1. The summed E-state index contributed by atoms with van der Waals surface area (Å²) in [6.07, 6.45) is 0. The Balaban J connectivity index is 2.10. The maximum absolute atomic E-state index is 13.5. The van der Waals surface area contributed by atoms with Crippen LogP contribution in [-0.4, -0.2) is 37.5 Å². The van der Waals surface area contributed by atoms with Gasteiger partial charge in [-0.15, -0.1) is 0 Å². The minimum atomic E-state index is -3.01. The summed E-state index contributed by atoms with van der Waals surface area (Å²) in [6.45, 7) is 4.47. The number of fused-ring (bicyclic) bond motifs is 1.